The van der Waals surface area contributed by atoms with Crippen molar-refractivity contribution in [2.24, 2.45) is 0 Å². The lowest BCUT2D eigenvalue weighted by atomic mass is 9.87. The standard InChI is InChI=1S/C11H22N2/c1-10(2)8-13(3)9-11(12-10)6-4-5-7-11/h12H,4-9H2,1-3H3. The Labute approximate surface area is 81.7 Å². The molecule has 2 rings (SSSR count). The summed E-state index contributed by atoms with van der Waals surface area (Å²) in [6, 6.07) is 0. The highest BCUT2D eigenvalue weighted by molar-refractivity contribution is 5.04. The molecule has 0 aromatic carbocycles. The van der Waals surface area contributed by atoms with E-state index in [1.807, 2.05) is 0 Å². The van der Waals surface area contributed by atoms with Crippen LogP contribution >= 0.6 is 0 Å². The van der Waals surface area contributed by atoms with Crippen molar-refractivity contribution in [1.29, 1.82) is 0 Å². The molecular formula is C11H22N2. The third kappa shape index (κ3) is 1.89. The summed E-state index contributed by atoms with van der Waals surface area (Å²) < 4.78 is 0. The zero-order chi connectivity index (χ0) is 9.53. The molecule has 2 heteroatoms. The number of hydrogen-bond donors (Lipinski definition) is 1. The van der Waals surface area contributed by atoms with Crippen molar-refractivity contribution in [2.45, 2.75) is 50.6 Å². The summed E-state index contributed by atoms with van der Waals surface area (Å²) in [5, 5.41) is 3.86. The molecule has 1 saturated carbocycles. The van der Waals surface area contributed by atoms with Crippen LogP contribution in [0, 0.1) is 0 Å². The van der Waals surface area contributed by atoms with Crippen molar-refractivity contribution in [3.8, 4) is 0 Å². The van der Waals surface area contributed by atoms with Crippen LogP contribution in [0.3, 0.4) is 0 Å². The average molecular weight is 182 g/mol. The van der Waals surface area contributed by atoms with Crippen LogP contribution in [0.4, 0.5) is 0 Å². The van der Waals surface area contributed by atoms with Gasteiger partial charge >= 0.3 is 0 Å². The molecule has 2 aliphatic rings. The molecule has 1 aliphatic heterocycles. The van der Waals surface area contributed by atoms with Gasteiger partial charge in [-0.1, -0.05) is 12.8 Å². The van der Waals surface area contributed by atoms with Crippen LogP contribution < -0.4 is 5.32 Å². The van der Waals surface area contributed by atoms with E-state index >= 15 is 0 Å². The van der Waals surface area contributed by atoms with Crippen LogP contribution in [0.25, 0.3) is 0 Å². The van der Waals surface area contributed by atoms with Crippen molar-refractivity contribution in [3.05, 3.63) is 0 Å². The molecule has 1 N–H and O–H groups in total. The average Bonchev–Trinajstić information content (AvgIpc) is 2.31. The number of nitrogens with one attached hydrogen (secondary N) is 1. The Kier molecular flexibility index (Phi) is 2.16. The Morgan fingerprint density at radius 2 is 1.69 bits per heavy atom. The molecule has 0 aromatic rings. The van der Waals surface area contributed by atoms with Crippen LogP contribution in [-0.2, 0) is 0 Å². The van der Waals surface area contributed by atoms with Gasteiger partial charge in [-0.3, -0.25) is 0 Å². The van der Waals surface area contributed by atoms with Gasteiger partial charge in [0, 0.05) is 24.2 Å². The first-order valence-electron chi connectivity index (χ1n) is 5.49. The van der Waals surface area contributed by atoms with E-state index in [-0.39, 0.29) is 0 Å². The predicted molar refractivity (Wildman–Crippen MR) is 55.9 cm³/mol. The largest absolute Gasteiger partial charge is 0.304 e. The van der Waals surface area contributed by atoms with Crippen molar-refractivity contribution < 1.29 is 0 Å². The molecule has 0 unspecified atom stereocenters. The number of likely N-dealkylation sites (N-methyl/N-ethyl adjacent to an activating group) is 1. The van der Waals surface area contributed by atoms with E-state index in [2.05, 4.69) is 31.1 Å². The van der Waals surface area contributed by atoms with Crippen LogP contribution in [0.1, 0.15) is 39.5 Å². The van der Waals surface area contributed by atoms with E-state index < -0.39 is 0 Å². The summed E-state index contributed by atoms with van der Waals surface area (Å²) in [6.45, 7) is 7.07. The number of nitrogens with zero attached hydrogens (tertiary/aromatic N) is 1. The molecule has 76 valence electrons. The Bertz CT molecular complexity index is 192. The summed E-state index contributed by atoms with van der Waals surface area (Å²) in [5.74, 6) is 0. The van der Waals surface area contributed by atoms with E-state index in [0.717, 1.165) is 0 Å². The van der Waals surface area contributed by atoms with Gasteiger partial charge in [-0.05, 0) is 33.7 Å². The smallest absolute Gasteiger partial charge is 0.0313 e. The number of rotatable bonds is 0. The molecule has 0 atom stereocenters. The SMILES string of the molecule is CN1CC(C)(C)NC2(CCCC2)C1. The van der Waals surface area contributed by atoms with Gasteiger partial charge in [-0.2, -0.15) is 0 Å². The van der Waals surface area contributed by atoms with Gasteiger partial charge in [0.05, 0.1) is 0 Å². The Balaban J connectivity index is 2.12. The highest BCUT2D eigenvalue weighted by atomic mass is 15.2. The normalized spacial score (nSPS) is 32.5. The van der Waals surface area contributed by atoms with Crippen molar-refractivity contribution in [1.82, 2.24) is 10.2 Å². The van der Waals surface area contributed by atoms with E-state index in [4.69, 9.17) is 0 Å². The molecule has 2 fully saturated rings. The van der Waals surface area contributed by atoms with E-state index in [1.54, 1.807) is 0 Å². The molecule has 0 bridgehead atoms. The van der Waals surface area contributed by atoms with Crippen LogP contribution in [0.15, 0.2) is 0 Å². The Hall–Kier alpha value is -0.0800. The fourth-order valence-corrected chi connectivity index (χ4v) is 3.38. The number of piperazine rings is 1. The third-order valence-electron chi connectivity index (χ3n) is 3.40. The molecule has 13 heavy (non-hydrogen) atoms. The van der Waals surface area contributed by atoms with Gasteiger partial charge < -0.3 is 10.2 Å². The molecule has 1 saturated heterocycles. The van der Waals surface area contributed by atoms with Gasteiger partial charge in [0.25, 0.3) is 0 Å². The van der Waals surface area contributed by atoms with Gasteiger partial charge in [0.1, 0.15) is 0 Å². The monoisotopic (exact) mass is 182 g/mol. The van der Waals surface area contributed by atoms with Crippen molar-refractivity contribution in [3.63, 3.8) is 0 Å². The van der Waals surface area contributed by atoms with Gasteiger partial charge in [-0.15, -0.1) is 0 Å². The third-order valence-corrected chi connectivity index (χ3v) is 3.40. The fraction of sp³-hybridized carbons (Fsp3) is 1.00. The second-order valence-corrected chi connectivity index (χ2v) is 5.67. The quantitative estimate of drug-likeness (QED) is 0.612. The second-order valence-electron chi connectivity index (χ2n) is 5.67. The minimum atomic E-state index is 0.303. The maximum atomic E-state index is 3.86. The molecule has 1 aliphatic carbocycles. The van der Waals surface area contributed by atoms with E-state index in [9.17, 15) is 0 Å². The molecular weight excluding hydrogens is 160 g/mol. The molecule has 2 nitrogen and oxygen atoms in total. The van der Waals surface area contributed by atoms with Crippen LogP contribution in [-0.4, -0.2) is 36.1 Å². The summed E-state index contributed by atoms with van der Waals surface area (Å²) in [6.07, 6.45) is 5.58. The molecule has 1 heterocycles. The predicted octanol–water partition coefficient (Wildman–Crippen LogP) is 1.61. The van der Waals surface area contributed by atoms with Gasteiger partial charge in [0.15, 0.2) is 0 Å². The highest BCUT2D eigenvalue weighted by Crippen LogP contribution is 2.34. The van der Waals surface area contributed by atoms with Crippen LogP contribution in [0.5, 0.6) is 0 Å². The lowest BCUT2D eigenvalue weighted by Gasteiger charge is -2.49. The van der Waals surface area contributed by atoms with Crippen molar-refractivity contribution >= 4 is 0 Å². The minimum absolute atomic E-state index is 0.303. The van der Waals surface area contributed by atoms with Crippen LogP contribution in [0.2, 0.25) is 0 Å². The molecule has 0 radical (unpaired) electrons. The van der Waals surface area contributed by atoms with Gasteiger partial charge in [0.2, 0.25) is 0 Å². The first-order chi connectivity index (χ1) is 6.02. The highest BCUT2D eigenvalue weighted by Gasteiger charge is 2.42. The molecule has 1 spiro atoms. The lowest BCUT2D eigenvalue weighted by Crippen LogP contribution is -2.67. The second kappa shape index (κ2) is 2.96. The zero-order valence-corrected chi connectivity index (χ0v) is 9.19. The zero-order valence-electron chi connectivity index (χ0n) is 9.19. The first kappa shape index (κ1) is 9.47. The van der Waals surface area contributed by atoms with E-state index in [0.29, 0.717) is 11.1 Å². The summed E-state index contributed by atoms with van der Waals surface area (Å²) >= 11 is 0. The maximum absolute atomic E-state index is 3.86. The Morgan fingerprint density at radius 3 is 2.23 bits per heavy atom. The van der Waals surface area contributed by atoms with Gasteiger partial charge in [-0.25, -0.2) is 0 Å². The topological polar surface area (TPSA) is 15.3 Å². The van der Waals surface area contributed by atoms with E-state index in [1.165, 1.54) is 38.8 Å². The first-order valence-corrected chi connectivity index (χ1v) is 5.49. The lowest BCUT2D eigenvalue weighted by molar-refractivity contribution is 0.0808. The maximum Gasteiger partial charge on any atom is 0.0313 e. The number of hydrogen-bond acceptors (Lipinski definition) is 2. The fourth-order valence-electron chi connectivity index (χ4n) is 3.38. The summed E-state index contributed by atoms with van der Waals surface area (Å²) in [4.78, 5) is 2.49. The summed E-state index contributed by atoms with van der Waals surface area (Å²) in [7, 11) is 2.25. The molecule has 0 amide bonds. The minimum Gasteiger partial charge on any atom is -0.304 e. The Morgan fingerprint density at radius 1 is 1.08 bits per heavy atom. The molecule has 0 aromatic heterocycles. The van der Waals surface area contributed by atoms with Crippen molar-refractivity contribution in [2.75, 3.05) is 20.1 Å². The summed E-state index contributed by atoms with van der Waals surface area (Å²) in [5.41, 5.74) is 0.758.